The second-order valence-corrected chi connectivity index (χ2v) is 13.9. The maximum atomic E-state index is 6.93. The molecule has 0 bridgehead atoms. The molecule has 3 heterocycles. The highest BCUT2D eigenvalue weighted by molar-refractivity contribution is 6.30. The van der Waals surface area contributed by atoms with Gasteiger partial charge in [0.1, 0.15) is 33.5 Å². The van der Waals surface area contributed by atoms with Gasteiger partial charge in [0.2, 0.25) is 0 Å². The van der Waals surface area contributed by atoms with E-state index in [4.69, 9.17) is 13.3 Å². The second kappa shape index (κ2) is 10.7. The Morgan fingerprint density at radius 1 is 0.245 bits per heavy atom. The van der Waals surface area contributed by atoms with Crippen LogP contribution in [0.25, 0.3) is 121 Å². The standard InChI is InChI=1S/C50H28O3/c1-2-13-29(14-3-1)30-20-10-24-39-46-42(52-48(30)39)27-28-43-47(46)40-25-12-23-38(50(40)53-43)45-34-18-6-4-16-32(34)44(33-17-5-7-19-35(33)45)37-22-11-21-36-31-15-8-9-26-41(31)51-49(36)37/h1-28H. The minimum Gasteiger partial charge on any atom is -0.455 e. The number of hydrogen-bond acceptors (Lipinski definition) is 3. The summed E-state index contributed by atoms with van der Waals surface area (Å²) in [6.45, 7) is 0. The summed E-state index contributed by atoms with van der Waals surface area (Å²) in [6, 6.07) is 59.8. The van der Waals surface area contributed by atoms with Crippen LogP contribution in [0.5, 0.6) is 0 Å². The molecule has 3 nitrogen and oxygen atoms in total. The lowest BCUT2D eigenvalue weighted by atomic mass is 9.85. The Morgan fingerprint density at radius 3 is 1.21 bits per heavy atom. The average molecular weight is 677 g/mol. The van der Waals surface area contributed by atoms with Crippen molar-refractivity contribution in [2.24, 2.45) is 0 Å². The summed E-state index contributed by atoms with van der Waals surface area (Å²) in [7, 11) is 0. The molecule has 0 aliphatic heterocycles. The van der Waals surface area contributed by atoms with Gasteiger partial charge in [-0.05, 0) is 45.3 Å². The van der Waals surface area contributed by atoms with Crippen molar-refractivity contribution in [2.75, 3.05) is 0 Å². The van der Waals surface area contributed by atoms with Crippen LogP contribution in [0.3, 0.4) is 0 Å². The molecular formula is C50H28O3. The molecule has 0 aliphatic rings. The van der Waals surface area contributed by atoms with Gasteiger partial charge in [-0.25, -0.2) is 0 Å². The third-order valence-corrected chi connectivity index (χ3v) is 11.1. The Labute approximate surface area is 302 Å². The third kappa shape index (κ3) is 3.94. The minimum atomic E-state index is 0.842. The SMILES string of the molecule is c1ccc(-c2cccc3c2oc2ccc4oc5c(-c6c7ccccc7c(-c7cccc8c7oc7ccccc78)c7ccccc67)cccc5c4c23)cc1. The number of fused-ring (bicyclic) bond motifs is 12. The molecule has 0 saturated heterocycles. The van der Waals surface area contributed by atoms with Gasteiger partial charge in [0.05, 0.1) is 0 Å². The van der Waals surface area contributed by atoms with Crippen molar-refractivity contribution >= 4 is 87.4 Å². The Morgan fingerprint density at radius 2 is 0.642 bits per heavy atom. The fourth-order valence-corrected chi connectivity index (χ4v) is 8.87. The van der Waals surface area contributed by atoms with Gasteiger partial charge in [0.15, 0.2) is 0 Å². The van der Waals surface area contributed by atoms with E-state index in [0.717, 1.165) is 104 Å². The van der Waals surface area contributed by atoms with Crippen molar-refractivity contribution in [3.63, 3.8) is 0 Å². The van der Waals surface area contributed by atoms with Crippen LogP contribution in [-0.4, -0.2) is 0 Å². The Kier molecular flexibility index (Phi) is 5.77. The van der Waals surface area contributed by atoms with Gasteiger partial charge in [-0.2, -0.15) is 0 Å². The van der Waals surface area contributed by atoms with Gasteiger partial charge in [-0.1, -0.05) is 152 Å². The van der Waals surface area contributed by atoms with Crippen molar-refractivity contribution in [3.05, 3.63) is 170 Å². The monoisotopic (exact) mass is 676 g/mol. The first kappa shape index (κ1) is 28.6. The topological polar surface area (TPSA) is 39.4 Å². The van der Waals surface area contributed by atoms with Crippen molar-refractivity contribution in [1.82, 2.24) is 0 Å². The van der Waals surface area contributed by atoms with Crippen molar-refractivity contribution in [3.8, 4) is 33.4 Å². The maximum Gasteiger partial charge on any atom is 0.143 e. The molecule has 9 aromatic carbocycles. The van der Waals surface area contributed by atoms with E-state index >= 15 is 0 Å². The van der Waals surface area contributed by atoms with Crippen LogP contribution < -0.4 is 0 Å². The Balaban J connectivity index is 1.17. The van der Waals surface area contributed by atoms with Crippen LogP contribution in [0.4, 0.5) is 0 Å². The number of para-hydroxylation sites is 4. The smallest absolute Gasteiger partial charge is 0.143 e. The van der Waals surface area contributed by atoms with Crippen LogP contribution in [0.1, 0.15) is 0 Å². The normalized spacial score (nSPS) is 12.2. The summed E-state index contributed by atoms with van der Waals surface area (Å²) in [6.07, 6.45) is 0. The van der Waals surface area contributed by atoms with Gasteiger partial charge in [-0.15, -0.1) is 0 Å². The summed E-state index contributed by atoms with van der Waals surface area (Å²) in [5.41, 5.74) is 11.9. The van der Waals surface area contributed by atoms with Crippen molar-refractivity contribution < 1.29 is 13.3 Å². The quantitative estimate of drug-likeness (QED) is 0.175. The summed E-state index contributed by atoms with van der Waals surface area (Å²) >= 11 is 0. The molecule has 0 saturated carbocycles. The molecule has 0 atom stereocenters. The van der Waals surface area contributed by atoms with Crippen LogP contribution >= 0.6 is 0 Å². The third-order valence-electron chi connectivity index (χ3n) is 11.1. The van der Waals surface area contributed by atoms with E-state index < -0.39 is 0 Å². The molecular weight excluding hydrogens is 649 g/mol. The molecule has 3 heteroatoms. The summed E-state index contributed by atoms with van der Waals surface area (Å²) in [5, 5.41) is 11.2. The lowest BCUT2D eigenvalue weighted by Gasteiger charge is -2.18. The molecule has 0 aliphatic carbocycles. The first-order valence-corrected chi connectivity index (χ1v) is 18.0. The largest absolute Gasteiger partial charge is 0.455 e. The molecule has 0 unspecified atom stereocenters. The summed E-state index contributed by atoms with van der Waals surface area (Å²) in [4.78, 5) is 0. The molecule has 0 N–H and O–H groups in total. The van der Waals surface area contributed by atoms with E-state index in [2.05, 4.69) is 152 Å². The molecule has 53 heavy (non-hydrogen) atoms. The van der Waals surface area contributed by atoms with Crippen molar-refractivity contribution in [1.29, 1.82) is 0 Å². The Hall–Kier alpha value is -7.10. The zero-order chi connectivity index (χ0) is 34.6. The first-order chi connectivity index (χ1) is 26.3. The predicted molar refractivity (Wildman–Crippen MR) is 220 cm³/mol. The average Bonchev–Trinajstić information content (AvgIpc) is 3.91. The van der Waals surface area contributed by atoms with Gasteiger partial charge in [-0.3, -0.25) is 0 Å². The molecule has 3 aromatic heterocycles. The number of rotatable bonds is 3. The lowest BCUT2D eigenvalue weighted by molar-refractivity contribution is 0.664. The van der Waals surface area contributed by atoms with Crippen LogP contribution in [0, 0.1) is 0 Å². The fourth-order valence-electron chi connectivity index (χ4n) is 8.87. The second-order valence-electron chi connectivity index (χ2n) is 13.9. The highest BCUT2D eigenvalue weighted by atomic mass is 16.3. The zero-order valence-electron chi connectivity index (χ0n) is 28.4. The first-order valence-electron chi connectivity index (χ1n) is 18.0. The van der Waals surface area contributed by atoms with Crippen LogP contribution in [0.2, 0.25) is 0 Å². The highest BCUT2D eigenvalue weighted by Crippen LogP contribution is 2.49. The molecule has 246 valence electrons. The van der Waals surface area contributed by atoms with Gasteiger partial charge in [0, 0.05) is 60.1 Å². The lowest BCUT2D eigenvalue weighted by Crippen LogP contribution is -1.91. The van der Waals surface area contributed by atoms with Crippen molar-refractivity contribution in [2.45, 2.75) is 0 Å². The van der Waals surface area contributed by atoms with E-state index in [1.54, 1.807) is 0 Å². The van der Waals surface area contributed by atoms with E-state index in [1.807, 2.05) is 18.2 Å². The minimum absolute atomic E-state index is 0.842. The number of furan rings is 3. The van der Waals surface area contributed by atoms with Crippen LogP contribution in [0.15, 0.2) is 183 Å². The molecule has 0 radical (unpaired) electrons. The number of benzene rings is 9. The van der Waals surface area contributed by atoms with Gasteiger partial charge in [0.25, 0.3) is 0 Å². The zero-order valence-corrected chi connectivity index (χ0v) is 28.4. The molecule has 12 aromatic rings. The maximum absolute atomic E-state index is 6.93. The number of hydrogen-bond donors (Lipinski definition) is 0. The van der Waals surface area contributed by atoms with E-state index in [-0.39, 0.29) is 0 Å². The fraction of sp³-hybridized carbons (Fsp3) is 0. The van der Waals surface area contributed by atoms with Gasteiger partial charge < -0.3 is 13.3 Å². The van der Waals surface area contributed by atoms with Gasteiger partial charge >= 0.3 is 0 Å². The highest BCUT2D eigenvalue weighted by Gasteiger charge is 2.24. The molecule has 12 rings (SSSR count). The van der Waals surface area contributed by atoms with E-state index in [9.17, 15) is 0 Å². The summed E-state index contributed by atoms with van der Waals surface area (Å²) < 4.78 is 20.2. The molecule has 0 amide bonds. The van der Waals surface area contributed by atoms with Crippen LogP contribution in [-0.2, 0) is 0 Å². The Bertz CT molecular complexity index is 3390. The van der Waals surface area contributed by atoms with E-state index in [1.165, 1.54) is 16.3 Å². The molecule has 0 spiro atoms. The molecule has 0 fully saturated rings. The summed E-state index contributed by atoms with van der Waals surface area (Å²) in [5.74, 6) is 0. The predicted octanol–water partition coefficient (Wildman–Crippen LogP) is 14.7. The van der Waals surface area contributed by atoms with E-state index in [0.29, 0.717) is 0 Å².